The van der Waals surface area contributed by atoms with Crippen LogP contribution < -0.4 is 0 Å². The SMILES string of the molecule is Cc1ccc(C(=O)CSc2cccc(Cl)c2)cc1F. The molecule has 4 heteroatoms. The molecule has 0 saturated carbocycles. The first kappa shape index (κ1) is 14.1. The van der Waals surface area contributed by atoms with Crippen LogP contribution in [-0.4, -0.2) is 11.5 Å². The monoisotopic (exact) mass is 294 g/mol. The fourth-order valence-electron chi connectivity index (χ4n) is 1.56. The summed E-state index contributed by atoms with van der Waals surface area (Å²) in [4.78, 5) is 12.9. The average molecular weight is 295 g/mol. The van der Waals surface area contributed by atoms with Crippen molar-refractivity contribution in [2.24, 2.45) is 0 Å². The summed E-state index contributed by atoms with van der Waals surface area (Å²) in [5, 5.41) is 0.638. The van der Waals surface area contributed by atoms with Crippen LogP contribution in [-0.2, 0) is 0 Å². The normalized spacial score (nSPS) is 10.5. The number of aryl methyl sites for hydroxylation is 1. The average Bonchev–Trinajstić information content (AvgIpc) is 2.39. The highest BCUT2D eigenvalue weighted by atomic mass is 35.5. The molecule has 0 aromatic heterocycles. The van der Waals surface area contributed by atoms with E-state index < -0.39 is 0 Å². The lowest BCUT2D eigenvalue weighted by Crippen LogP contribution is -2.03. The summed E-state index contributed by atoms with van der Waals surface area (Å²) in [5.41, 5.74) is 0.941. The van der Waals surface area contributed by atoms with Gasteiger partial charge in [-0.3, -0.25) is 4.79 Å². The van der Waals surface area contributed by atoms with Crippen molar-refractivity contribution >= 4 is 29.1 Å². The summed E-state index contributed by atoms with van der Waals surface area (Å²) in [6.45, 7) is 1.67. The Morgan fingerprint density at radius 1 is 1.26 bits per heavy atom. The van der Waals surface area contributed by atoms with Crippen molar-refractivity contribution in [3.63, 3.8) is 0 Å². The summed E-state index contributed by atoms with van der Waals surface area (Å²) < 4.78 is 13.4. The second-order valence-corrected chi connectivity index (χ2v) is 5.62. The Morgan fingerprint density at radius 2 is 2.05 bits per heavy atom. The van der Waals surface area contributed by atoms with Crippen LogP contribution in [0.3, 0.4) is 0 Å². The van der Waals surface area contributed by atoms with Crippen molar-refractivity contribution in [3.8, 4) is 0 Å². The predicted molar refractivity (Wildman–Crippen MR) is 77.6 cm³/mol. The second-order valence-electron chi connectivity index (χ2n) is 4.13. The molecule has 0 aliphatic heterocycles. The van der Waals surface area contributed by atoms with Crippen LogP contribution in [0.2, 0.25) is 5.02 Å². The van der Waals surface area contributed by atoms with Gasteiger partial charge >= 0.3 is 0 Å². The molecule has 2 rings (SSSR count). The number of hydrogen-bond acceptors (Lipinski definition) is 2. The van der Waals surface area contributed by atoms with Crippen LogP contribution in [0.15, 0.2) is 47.4 Å². The van der Waals surface area contributed by atoms with Crippen molar-refractivity contribution in [1.82, 2.24) is 0 Å². The number of Topliss-reactive ketones (excluding diaryl/α,β-unsaturated/α-hetero) is 1. The molecular formula is C15H12ClFOS. The van der Waals surface area contributed by atoms with Crippen molar-refractivity contribution in [1.29, 1.82) is 0 Å². The van der Waals surface area contributed by atoms with E-state index in [-0.39, 0.29) is 17.4 Å². The molecule has 0 aliphatic carbocycles. The highest BCUT2D eigenvalue weighted by Crippen LogP contribution is 2.22. The second kappa shape index (κ2) is 6.22. The molecule has 0 heterocycles. The van der Waals surface area contributed by atoms with Crippen LogP contribution in [0.1, 0.15) is 15.9 Å². The molecular weight excluding hydrogens is 283 g/mol. The van der Waals surface area contributed by atoms with Gasteiger partial charge in [-0.15, -0.1) is 11.8 Å². The Bertz CT molecular complexity index is 613. The minimum absolute atomic E-state index is 0.0936. The maximum atomic E-state index is 13.4. The molecule has 0 bridgehead atoms. The molecule has 1 nitrogen and oxygen atoms in total. The Balaban J connectivity index is 2.03. The molecule has 0 saturated heterocycles. The van der Waals surface area contributed by atoms with Gasteiger partial charge in [0.05, 0.1) is 5.75 Å². The lowest BCUT2D eigenvalue weighted by atomic mass is 10.1. The van der Waals surface area contributed by atoms with E-state index in [0.29, 0.717) is 16.1 Å². The minimum Gasteiger partial charge on any atom is -0.293 e. The summed E-state index contributed by atoms with van der Waals surface area (Å²) in [6, 6.07) is 11.9. The molecule has 98 valence electrons. The van der Waals surface area contributed by atoms with Crippen molar-refractivity contribution in [3.05, 3.63) is 64.4 Å². The predicted octanol–water partition coefficient (Wildman–Crippen LogP) is 4.76. The first-order valence-electron chi connectivity index (χ1n) is 5.74. The summed E-state index contributed by atoms with van der Waals surface area (Å²) in [6.07, 6.45) is 0. The lowest BCUT2D eigenvalue weighted by molar-refractivity contribution is 0.102. The van der Waals surface area contributed by atoms with E-state index in [1.165, 1.54) is 17.8 Å². The van der Waals surface area contributed by atoms with E-state index in [0.717, 1.165) is 4.90 Å². The summed E-state index contributed by atoms with van der Waals surface area (Å²) in [7, 11) is 0. The maximum Gasteiger partial charge on any atom is 0.173 e. The van der Waals surface area contributed by atoms with Gasteiger partial charge in [0.15, 0.2) is 5.78 Å². The number of hydrogen-bond donors (Lipinski definition) is 0. The van der Waals surface area contributed by atoms with Gasteiger partial charge < -0.3 is 0 Å². The summed E-state index contributed by atoms with van der Waals surface area (Å²) >= 11 is 7.26. The van der Waals surface area contributed by atoms with Crippen LogP contribution in [0, 0.1) is 12.7 Å². The fraction of sp³-hybridized carbons (Fsp3) is 0.133. The Hall–Kier alpha value is -1.32. The largest absolute Gasteiger partial charge is 0.293 e. The Labute approximate surface area is 120 Å². The maximum absolute atomic E-state index is 13.4. The van der Waals surface area contributed by atoms with E-state index in [1.54, 1.807) is 31.2 Å². The molecule has 0 aliphatic rings. The third-order valence-electron chi connectivity index (χ3n) is 2.66. The van der Waals surface area contributed by atoms with Gasteiger partial charge in [0, 0.05) is 15.5 Å². The first-order chi connectivity index (χ1) is 9.06. The van der Waals surface area contributed by atoms with E-state index in [4.69, 9.17) is 11.6 Å². The van der Waals surface area contributed by atoms with Crippen LogP contribution in [0.5, 0.6) is 0 Å². The molecule has 0 unspecified atom stereocenters. The van der Waals surface area contributed by atoms with Gasteiger partial charge in [-0.1, -0.05) is 29.8 Å². The highest BCUT2D eigenvalue weighted by molar-refractivity contribution is 8.00. The van der Waals surface area contributed by atoms with E-state index in [9.17, 15) is 9.18 Å². The zero-order valence-corrected chi connectivity index (χ0v) is 11.9. The van der Waals surface area contributed by atoms with Crippen LogP contribution >= 0.6 is 23.4 Å². The van der Waals surface area contributed by atoms with Crippen molar-refractivity contribution < 1.29 is 9.18 Å². The lowest BCUT2D eigenvalue weighted by Gasteiger charge is -2.03. The molecule has 0 N–H and O–H groups in total. The topological polar surface area (TPSA) is 17.1 Å². The first-order valence-corrected chi connectivity index (χ1v) is 7.10. The third-order valence-corrected chi connectivity index (χ3v) is 3.89. The van der Waals surface area contributed by atoms with Crippen LogP contribution in [0.4, 0.5) is 4.39 Å². The zero-order valence-electron chi connectivity index (χ0n) is 10.3. The van der Waals surface area contributed by atoms with E-state index in [2.05, 4.69) is 0 Å². The molecule has 19 heavy (non-hydrogen) atoms. The molecule has 0 atom stereocenters. The molecule has 2 aromatic carbocycles. The highest BCUT2D eigenvalue weighted by Gasteiger charge is 2.09. The molecule has 0 radical (unpaired) electrons. The standard InChI is InChI=1S/C15H12ClFOS/c1-10-5-6-11(7-14(10)17)15(18)9-19-13-4-2-3-12(16)8-13/h2-8H,9H2,1H3. The number of rotatable bonds is 4. The molecule has 0 amide bonds. The minimum atomic E-state index is -0.349. The fourth-order valence-corrected chi connectivity index (χ4v) is 2.66. The number of carbonyl (C=O) groups excluding carboxylic acids is 1. The van der Waals surface area contributed by atoms with Crippen molar-refractivity contribution in [2.75, 3.05) is 5.75 Å². The smallest absolute Gasteiger partial charge is 0.173 e. The van der Waals surface area contributed by atoms with Gasteiger partial charge in [0.25, 0.3) is 0 Å². The van der Waals surface area contributed by atoms with E-state index in [1.807, 2.05) is 12.1 Å². The zero-order chi connectivity index (χ0) is 13.8. The van der Waals surface area contributed by atoms with E-state index >= 15 is 0 Å². The number of carbonyl (C=O) groups is 1. The van der Waals surface area contributed by atoms with Crippen molar-refractivity contribution in [2.45, 2.75) is 11.8 Å². The molecule has 2 aromatic rings. The van der Waals surface area contributed by atoms with Gasteiger partial charge in [-0.2, -0.15) is 0 Å². The number of thioether (sulfide) groups is 1. The Kier molecular flexibility index (Phi) is 4.61. The molecule has 0 spiro atoms. The number of halogens is 2. The quantitative estimate of drug-likeness (QED) is 0.597. The van der Waals surface area contributed by atoms with Gasteiger partial charge in [0.2, 0.25) is 0 Å². The van der Waals surface area contributed by atoms with Gasteiger partial charge in [0.1, 0.15) is 5.82 Å². The Morgan fingerprint density at radius 3 is 2.74 bits per heavy atom. The number of ketones is 1. The van der Waals surface area contributed by atoms with Gasteiger partial charge in [-0.05, 0) is 36.8 Å². The third kappa shape index (κ3) is 3.82. The molecule has 0 fully saturated rings. The van der Waals surface area contributed by atoms with Crippen LogP contribution in [0.25, 0.3) is 0 Å². The summed E-state index contributed by atoms with van der Waals surface area (Å²) in [5.74, 6) is -0.175. The number of benzene rings is 2. The van der Waals surface area contributed by atoms with Gasteiger partial charge in [-0.25, -0.2) is 4.39 Å².